The fourth-order valence-corrected chi connectivity index (χ4v) is 3.95. The highest BCUT2D eigenvalue weighted by molar-refractivity contribution is 5.98. The predicted molar refractivity (Wildman–Crippen MR) is 143 cm³/mol. The van der Waals surface area contributed by atoms with Crippen molar-refractivity contribution in [2.45, 2.75) is 19.3 Å². The summed E-state index contributed by atoms with van der Waals surface area (Å²) in [5.74, 6) is -2.38. The molecule has 0 atom stereocenters. The van der Waals surface area contributed by atoms with E-state index in [1.807, 2.05) is 0 Å². The summed E-state index contributed by atoms with van der Waals surface area (Å²) in [4.78, 5) is 23.7. The second-order valence-corrected chi connectivity index (χ2v) is 8.81. The van der Waals surface area contributed by atoms with Gasteiger partial charge in [-0.15, -0.1) is 0 Å². The fourth-order valence-electron chi connectivity index (χ4n) is 3.95. The van der Waals surface area contributed by atoms with Crippen LogP contribution in [-0.4, -0.2) is 27.3 Å². The van der Waals surface area contributed by atoms with Crippen LogP contribution in [0.3, 0.4) is 0 Å². The van der Waals surface area contributed by atoms with Gasteiger partial charge in [0.2, 0.25) is 0 Å². The van der Waals surface area contributed by atoms with Gasteiger partial charge in [-0.25, -0.2) is 9.59 Å². The highest BCUT2D eigenvalue weighted by atomic mass is 19.4. The zero-order valence-corrected chi connectivity index (χ0v) is 20.8. The number of nitrogens with one attached hydrogen (secondary N) is 3. The summed E-state index contributed by atoms with van der Waals surface area (Å²) in [7, 11) is 0. The number of hydrogen-bond acceptors (Lipinski definition) is 6. The summed E-state index contributed by atoms with van der Waals surface area (Å²) < 4.78 is 40.6. The number of alkyl halides is 3. The zero-order valence-electron chi connectivity index (χ0n) is 20.8. The van der Waals surface area contributed by atoms with Crippen molar-refractivity contribution in [3.05, 3.63) is 113 Å². The summed E-state index contributed by atoms with van der Waals surface area (Å²) in [5, 5.41) is 37.5. The zero-order chi connectivity index (χ0) is 28.9. The molecule has 206 valence electrons. The van der Waals surface area contributed by atoms with Crippen molar-refractivity contribution in [3.8, 4) is 5.75 Å². The molecule has 0 aromatic heterocycles. The SMILES string of the molecule is O=C(O)c1ccccc1Nc1ccc(C(F)(F)F)cc1Nc1ccc(CNCc2ccc(O)cc2)cc1C(=O)O. The minimum Gasteiger partial charge on any atom is -0.508 e. The number of carboxylic acids is 2. The van der Waals surface area contributed by atoms with E-state index >= 15 is 0 Å². The molecule has 0 fully saturated rings. The number of hydrogen-bond donors (Lipinski definition) is 6. The minimum absolute atomic E-state index is 0.0451. The van der Waals surface area contributed by atoms with Crippen molar-refractivity contribution >= 4 is 34.7 Å². The van der Waals surface area contributed by atoms with E-state index in [-0.39, 0.29) is 39.6 Å². The van der Waals surface area contributed by atoms with E-state index in [4.69, 9.17) is 0 Å². The topological polar surface area (TPSA) is 131 Å². The van der Waals surface area contributed by atoms with Crippen molar-refractivity contribution in [1.82, 2.24) is 5.32 Å². The summed E-state index contributed by atoms with van der Waals surface area (Å²) in [6.07, 6.45) is -4.67. The van der Waals surface area contributed by atoms with Crippen LogP contribution in [0, 0.1) is 0 Å². The maximum atomic E-state index is 13.5. The molecule has 4 rings (SSSR count). The lowest BCUT2D eigenvalue weighted by Crippen LogP contribution is -2.14. The number of aromatic carboxylic acids is 2. The van der Waals surface area contributed by atoms with E-state index in [0.717, 1.165) is 23.8 Å². The van der Waals surface area contributed by atoms with Crippen LogP contribution in [-0.2, 0) is 19.3 Å². The van der Waals surface area contributed by atoms with Crippen molar-refractivity contribution in [1.29, 1.82) is 0 Å². The lowest BCUT2D eigenvalue weighted by Gasteiger charge is -2.19. The van der Waals surface area contributed by atoms with Crippen LogP contribution in [0.15, 0.2) is 84.9 Å². The third-order valence-electron chi connectivity index (χ3n) is 5.95. The van der Waals surface area contributed by atoms with Crippen LogP contribution < -0.4 is 16.0 Å². The number of halogens is 3. The van der Waals surface area contributed by atoms with E-state index < -0.39 is 23.7 Å². The average Bonchev–Trinajstić information content (AvgIpc) is 2.91. The molecule has 4 aromatic carbocycles. The summed E-state index contributed by atoms with van der Waals surface area (Å²) in [5.41, 5.74) is 0.493. The Kier molecular flexibility index (Phi) is 8.25. The second-order valence-electron chi connectivity index (χ2n) is 8.81. The third kappa shape index (κ3) is 6.88. The van der Waals surface area contributed by atoms with E-state index in [1.54, 1.807) is 36.4 Å². The number of aromatic hydroxyl groups is 1. The number of carbonyl (C=O) groups is 2. The Hall–Kier alpha value is -5.03. The Bertz CT molecular complexity index is 1540. The van der Waals surface area contributed by atoms with Gasteiger partial charge in [-0.1, -0.05) is 30.3 Å². The van der Waals surface area contributed by atoms with Gasteiger partial charge < -0.3 is 31.3 Å². The molecule has 0 unspecified atom stereocenters. The van der Waals surface area contributed by atoms with Gasteiger partial charge in [0.1, 0.15) is 5.75 Å². The monoisotopic (exact) mass is 551 g/mol. The molecular formula is C29H24F3N3O5. The molecule has 0 aliphatic carbocycles. The highest BCUT2D eigenvalue weighted by Crippen LogP contribution is 2.37. The smallest absolute Gasteiger partial charge is 0.416 e. The van der Waals surface area contributed by atoms with Gasteiger partial charge in [-0.2, -0.15) is 13.2 Å². The first-order valence-electron chi connectivity index (χ1n) is 11.9. The van der Waals surface area contributed by atoms with Crippen LogP contribution in [0.2, 0.25) is 0 Å². The van der Waals surface area contributed by atoms with Crippen molar-refractivity contribution < 1.29 is 38.1 Å². The highest BCUT2D eigenvalue weighted by Gasteiger charge is 2.31. The van der Waals surface area contributed by atoms with Crippen molar-refractivity contribution in [2.24, 2.45) is 0 Å². The number of para-hydroxylation sites is 1. The van der Waals surface area contributed by atoms with Crippen LogP contribution in [0.4, 0.5) is 35.9 Å². The Morgan fingerprint density at radius 3 is 1.90 bits per heavy atom. The van der Waals surface area contributed by atoms with Crippen molar-refractivity contribution in [2.75, 3.05) is 10.6 Å². The molecule has 0 saturated heterocycles. The Labute approximate surface area is 226 Å². The Balaban J connectivity index is 1.62. The standard InChI is InChI=1S/C29H24F3N3O5/c30-29(31,32)19-8-12-25(34-23-4-2-1-3-21(23)27(37)38)26(14-19)35-24-11-7-18(13-22(24)28(39)40)16-33-15-17-5-9-20(36)10-6-17/h1-14,33-36H,15-16H2,(H,37,38)(H,39,40). The molecule has 11 heteroatoms. The third-order valence-corrected chi connectivity index (χ3v) is 5.95. The van der Waals surface area contributed by atoms with Crippen LogP contribution in [0.25, 0.3) is 0 Å². The largest absolute Gasteiger partial charge is 0.508 e. The molecule has 0 saturated carbocycles. The number of phenolic OH excluding ortho intramolecular Hbond substituents is 1. The summed E-state index contributed by atoms with van der Waals surface area (Å²) >= 11 is 0. The summed E-state index contributed by atoms with van der Waals surface area (Å²) in [6.45, 7) is 0.767. The maximum Gasteiger partial charge on any atom is 0.416 e. The number of rotatable bonds is 10. The summed E-state index contributed by atoms with van der Waals surface area (Å²) in [6, 6.07) is 19.8. The van der Waals surface area contributed by atoms with Gasteiger partial charge >= 0.3 is 18.1 Å². The molecule has 0 radical (unpaired) electrons. The molecule has 0 bridgehead atoms. The fraction of sp³-hybridized carbons (Fsp3) is 0.103. The molecule has 40 heavy (non-hydrogen) atoms. The molecule has 4 aromatic rings. The van der Waals surface area contributed by atoms with Crippen LogP contribution in [0.5, 0.6) is 5.75 Å². The van der Waals surface area contributed by atoms with Gasteiger partial charge in [0.25, 0.3) is 0 Å². The normalized spacial score (nSPS) is 11.2. The lowest BCUT2D eigenvalue weighted by molar-refractivity contribution is -0.137. The van der Waals surface area contributed by atoms with E-state index in [9.17, 15) is 38.1 Å². The van der Waals surface area contributed by atoms with Gasteiger partial charge in [0, 0.05) is 13.1 Å². The number of phenols is 1. The number of benzene rings is 4. The number of carboxylic acid groups (broad SMARTS) is 2. The molecule has 0 amide bonds. The van der Waals surface area contributed by atoms with E-state index in [1.165, 1.54) is 30.3 Å². The molecular weight excluding hydrogens is 527 g/mol. The quantitative estimate of drug-likeness (QED) is 0.130. The van der Waals surface area contributed by atoms with E-state index in [0.29, 0.717) is 18.7 Å². The first kappa shape index (κ1) is 28.0. The average molecular weight is 552 g/mol. The Morgan fingerprint density at radius 2 is 1.23 bits per heavy atom. The molecule has 8 nitrogen and oxygen atoms in total. The molecule has 0 spiro atoms. The van der Waals surface area contributed by atoms with Gasteiger partial charge in [-0.05, 0) is 65.7 Å². The van der Waals surface area contributed by atoms with Crippen LogP contribution >= 0.6 is 0 Å². The first-order valence-corrected chi connectivity index (χ1v) is 11.9. The number of anilines is 4. The second kappa shape index (κ2) is 11.8. The lowest BCUT2D eigenvalue weighted by atomic mass is 10.1. The van der Waals surface area contributed by atoms with Crippen molar-refractivity contribution in [3.63, 3.8) is 0 Å². The van der Waals surface area contributed by atoms with E-state index in [2.05, 4.69) is 16.0 Å². The maximum absolute atomic E-state index is 13.5. The molecule has 0 heterocycles. The Morgan fingerprint density at radius 1 is 0.650 bits per heavy atom. The predicted octanol–water partition coefficient (Wildman–Crippen LogP) is 6.58. The molecule has 0 aliphatic rings. The van der Waals surface area contributed by atoms with Gasteiger partial charge in [0.05, 0.1) is 39.4 Å². The molecule has 6 N–H and O–H groups in total. The molecule has 0 aliphatic heterocycles. The van der Waals surface area contributed by atoms with Gasteiger partial charge in [-0.3, -0.25) is 0 Å². The first-order chi connectivity index (χ1) is 19.0. The minimum atomic E-state index is -4.67. The van der Waals surface area contributed by atoms with Gasteiger partial charge in [0.15, 0.2) is 0 Å². The van der Waals surface area contributed by atoms with Crippen LogP contribution in [0.1, 0.15) is 37.4 Å².